The zero-order valence-corrected chi connectivity index (χ0v) is 9.90. The van der Waals surface area contributed by atoms with Gasteiger partial charge in [-0.1, -0.05) is 32.1 Å². The molecule has 0 aliphatic rings. The molecule has 1 aromatic carbocycles. The highest BCUT2D eigenvalue weighted by Gasteiger charge is 2.06. The molecular weight excluding hydrogens is 200 g/mol. The van der Waals surface area contributed by atoms with Crippen molar-refractivity contribution >= 4 is 5.97 Å². The maximum atomic E-state index is 11.5. The van der Waals surface area contributed by atoms with Gasteiger partial charge in [0.15, 0.2) is 0 Å². The number of esters is 1. The van der Waals surface area contributed by atoms with Gasteiger partial charge in [-0.25, -0.2) is 4.79 Å². The van der Waals surface area contributed by atoms with Crippen molar-refractivity contribution in [3.8, 4) is 0 Å². The van der Waals surface area contributed by atoms with Crippen LogP contribution in [-0.2, 0) is 4.74 Å². The van der Waals surface area contributed by atoms with Gasteiger partial charge in [0, 0.05) is 0 Å². The molecule has 2 nitrogen and oxygen atoms in total. The molecule has 0 bridgehead atoms. The van der Waals surface area contributed by atoms with E-state index in [4.69, 9.17) is 4.74 Å². The van der Waals surface area contributed by atoms with Gasteiger partial charge in [-0.3, -0.25) is 0 Å². The number of benzene rings is 1. The third-order valence-corrected chi connectivity index (χ3v) is 2.37. The average Bonchev–Trinajstić information content (AvgIpc) is 2.29. The van der Waals surface area contributed by atoms with Crippen molar-refractivity contribution in [3.63, 3.8) is 0 Å². The lowest BCUT2D eigenvalue weighted by molar-refractivity contribution is 0.0512. The smallest absolute Gasteiger partial charge is 0.338 e. The van der Waals surface area contributed by atoms with Crippen LogP contribution in [0, 0.1) is 0 Å². The summed E-state index contributed by atoms with van der Waals surface area (Å²) in [6.45, 7) is 8.21. The lowest BCUT2D eigenvalue weighted by Crippen LogP contribution is -2.06. The van der Waals surface area contributed by atoms with Gasteiger partial charge < -0.3 is 4.74 Å². The molecule has 0 saturated carbocycles. The van der Waals surface area contributed by atoms with Gasteiger partial charge >= 0.3 is 5.97 Å². The van der Waals surface area contributed by atoms with Crippen molar-refractivity contribution in [2.24, 2.45) is 0 Å². The number of rotatable bonds is 5. The fourth-order valence-corrected chi connectivity index (χ4v) is 1.32. The minimum atomic E-state index is -0.267. The first-order valence-electron chi connectivity index (χ1n) is 5.53. The summed E-state index contributed by atoms with van der Waals surface area (Å²) in [7, 11) is 0. The Morgan fingerprint density at radius 2 is 2.00 bits per heavy atom. The molecule has 0 unspecified atom stereocenters. The molecule has 0 aliphatic heterocycles. The Bertz CT molecular complexity index is 350. The van der Waals surface area contributed by atoms with E-state index in [1.807, 2.05) is 24.3 Å². The predicted molar refractivity (Wildman–Crippen MR) is 65.6 cm³/mol. The fourth-order valence-electron chi connectivity index (χ4n) is 1.32. The van der Waals surface area contributed by atoms with Crippen molar-refractivity contribution in [1.29, 1.82) is 0 Å². The molecule has 86 valence electrons. The molecule has 0 fully saturated rings. The van der Waals surface area contributed by atoms with Gasteiger partial charge in [0.05, 0.1) is 12.2 Å². The Labute approximate surface area is 96.9 Å². The number of hydrogen-bond acceptors (Lipinski definition) is 2. The van der Waals surface area contributed by atoms with Crippen LogP contribution >= 0.6 is 0 Å². The van der Waals surface area contributed by atoms with Crippen molar-refractivity contribution in [2.45, 2.75) is 26.2 Å². The molecule has 0 amide bonds. The zero-order chi connectivity index (χ0) is 12.0. The first kappa shape index (κ1) is 12.5. The summed E-state index contributed by atoms with van der Waals surface area (Å²) in [5, 5.41) is 0. The van der Waals surface area contributed by atoms with E-state index in [0.717, 1.165) is 0 Å². The normalized spacial score (nSPS) is 10.2. The largest absolute Gasteiger partial charge is 0.462 e. The highest BCUT2D eigenvalue weighted by atomic mass is 16.5. The van der Waals surface area contributed by atoms with Gasteiger partial charge in [-0.15, -0.1) is 6.58 Å². The third kappa shape index (κ3) is 3.54. The summed E-state index contributed by atoms with van der Waals surface area (Å²) >= 11 is 0. The second-order valence-corrected chi connectivity index (χ2v) is 3.99. The molecule has 16 heavy (non-hydrogen) atoms. The predicted octanol–water partition coefficient (Wildman–Crippen LogP) is 3.54. The SMILES string of the molecule is C=CCCOC(=O)c1ccc(C(C)C)cc1. The second kappa shape index (κ2) is 6.11. The number of carbonyl (C=O) groups excluding carboxylic acids is 1. The number of hydrogen-bond donors (Lipinski definition) is 0. The second-order valence-electron chi connectivity index (χ2n) is 3.99. The molecule has 2 heteroatoms. The van der Waals surface area contributed by atoms with Gasteiger partial charge in [0.1, 0.15) is 0 Å². The van der Waals surface area contributed by atoms with Gasteiger partial charge in [0.25, 0.3) is 0 Å². The average molecular weight is 218 g/mol. The summed E-state index contributed by atoms with van der Waals surface area (Å²) in [4.78, 5) is 11.5. The highest BCUT2D eigenvalue weighted by molar-refractivity contribution is 5.89. The molecule has 0 spiro atoms. The summed E-state index contributed by atoms with van der Waals surface area (Å²) in [6.07, 6.45) is 2.42. The topological polar surface area (TPSA) is 26.3 Å². The van der Waals surface area contributed by atoms with E-state index in [1.54, 1.807) is 6.08 Å². The molecule has 1 rings (SSSR count). The maximum absolute atomic E-state index is 11.5. The molecule has 1 aromatic rings. The lowest BCUT2D eigenvalue weighted by Gasteiger charge is -2.06. The Balaban J connectivity index is 2.59. The molecule has 0 saturated heterocycles. The third-order valence-electron chi connectivity index (χ3n) is 2.37. The molecular formula is C14H18O2. The number of carbonyl (C=O) groups is 1. The van der Waals surface area contributed by atoms with E-state index < -0.39 is 0 Å². The molecule has 0 aliphatic carbocycles. The van der Waals surface area contributed by atoms with Crippen LogP contribution < -0.4 is 0 Å². The van der Waals surface area contributed by atoms with E-state index in [1.165, 1.54) is 5.56 Å². The Morgan fingerprint density at radius 3 is 2.50 bits per heavy atom. The Kier molecular flexibility index (Phi) is 4.77. The van der Waals surface area contributed by atoms with Gasteiger partial charge in [-0.05, 0) is 30.0 Å². The van der Waals surface area contributed by atoms with Crippen LogP contribution in [0.4, 0.5) is 0 Å². The van der Waals surface area contributed by atoms with Crippen LogP contribution in [-0.4, -0.2) is 12.6 Å². The molecule has 0 radical (unpaired) electrons. The summed E-state index contributed by atoms with van der Waals surface area (Å²) in [5.74, 6) is 0.211. The van der Waals surface area contributed by atoms with Crippen molar-refractivity contribution in [1.82, 2.24) is 0 Å². The Morgan fingerprint density at radius 1 is 1.38 bits per heavy atom. The van der Waals surface area contributed by atoms with Crippen LogP contribution in [0.15, 0.2) is 36.9 Å². The standard InChI is InChI=1S/C14H18O2/c1-4-5-10-16-14(15)13-8-6-12(7-9-13)11(2)3/h4,6-9,11H,1,5,10H2,2-3H3. The molecule has 0 N–H and O–H groups in total. The van der Waals surface area contributed by atoms with Gasteiger partial charge in [-0.2, -0.15) is 0 Å². The summed E-state index contributed by atoms with van der Waals surface area (Å²) in [6, 6.07) is 7.56. The van der Waals surface area contributed by atoms with E-state index >= 15 is 0 Å². The van der Waals surface area contributed by atoms with E-state index in [0.29, 0.717) is 24.5 Å². The van der Waals surface area contributed by atoms with E-state index in [9.17, 15) is 4.79 Å². The van der Waals surface area contributed by atoms with Crippen molar-refractivity contribution < 1.29 is 9.53 Å². The first-order chi connectivity index (χ1) is 7.65. The maximum Gasteiger partial charge on any atom is 0.338 e. The summed E-state index contributed by atoms with van der Waals surface area (Å²) in [5.41, 5.74) is 1.83. The quantitative estimate of drug-likeness (QED) is 0.429. The van der Waals surface area contributed by atoms with Crippen molar-refractivity contribution in [3.05, 3.63) is 48.0 Å². The monoisotopic (exact) mass is 218 g/mol. The first-order valence-corrected chi connectivity index (χ1v) is 5.53. The van der Waals surface area contributed by atoms with Crippen LogP contribution in [0.2, 0.25) is 0 Å². The highest BCUT2D eigenvalue weighted by Crippen LogP contribution is 2.15. The van der Waals surface area contributed by atoms with Crippen LogP contribution in [0.5, 0.6) is 0 Å². The van der Waals surface area contributed by atoms with Gasteiger partial charge in [0.2, 0.25) is 0 Å². The Hall–Kier alpha value is -1.57. The summed E-state index contributed by atoms with van der Waals surface area (Å²) < 4.78 is 5.06. The minimum absolute atomic E-state index is 0.267. The fraction of sp³-hybridized carbons (Fsp3) is 0.357. The van der Waals surface area contributed by atoms with Crippen LogP contribution in [0.1, 0.15) is 42.1 Å². The lowest BCUT2D eigenvalue weighted by atomic mass is 10.0. The van der Waals surface area contributed by atoms with Crippen LogP contribution in [0.3, 0.4) is 0 Å². The van der Waals surface area contributed by atoms with E-state index in [-0.39, 0.29) is 5.97 Å². The minimum Gasteiger partial charge on any atom is -0.462 e. The molecule has 0 atom stereocenters. The molecule has 0 aromatic heterocycles. The van der Waals surface area contributed by atoms with Crippen LogP contribution in [0.25, 0.3) is 0 Å². The molecule has 0 heterocycles. The zero-order valence-electron chi connectivity index (χ0n) is 9.90. The van der Waals surface area contributed by atoms with E-state index in [2.05, 4.69) is 20.4 Å². The van der Waals surface area contributed by atoms with Crippen molar-refractivity contribution in [2.75, 3.05) is 6.61 Å². The number of ether oxygens (including phenoxy) is 1.